The van der Waals surface area contributed by atoms with Crippen LogP contribution >= 0.6 is 11.8 Å². The van der Waals surface area contributed by atoms with Crippen LogP contribution in [0, 0.1) is 0 Å². The predicted octanol–water partition coefficient (Wildman–Crippen LogP) is 3.32. The number of fused-ring (bicyclic) bond motifs is 1. The van der Waals surface area contributed by atoms with Gasteiger partial charge < -0.3 is 24.5 Å². The molecule has 1 unspecified atom stereocenters. The number of hydrogen-bond acceptors (Lipinski definition) is 7. The number of carbonyl (C=O) groups excluding carboxylic acids is 1. The fourth-order valence-corrected chi connectivity index (χ4v) is 4.93. The van der Waals surface area contributed by atoms with E-state index in [2.05, 4.69) is 9.97 Å². The van der Waals surface area contributed by atoms with E-state index in [1.165, 1.54) is 0 Å². The quantitative estimate of drug-likeness (QED) is 0.394. The lowest BCUT2D eigenvalue weighted by Crippen LogP contribution is -2.40. The number of rotatable bonds is 7. The summed E-state index contributed by atoms with van der Waals surface area (Å²) in [6.07, 6.45) is 0.984. The second-order valence-corrected chi connectivity index (χ2v) is 9.01. The van der Waals surface area contributed by atoms with Gasteiger partial charge in [0.25, 0.3) is 5.56 Å². The molecule has 2 aromatic carbocycles. The summed E-state index contributed by atoms with van der Waals surface area (Å²) in [5, 5.41) is 10.5. The number of hydrogen-bond donors (Lipinski definition) is 2. The third kappa shape index (κ3) is 4.89. The van der Waals surface area contributed by atoms with Gasteiger partial charge in [0.15, 0.2) is 16.7 Å². The Morgan fingerprint density at radius 1 is 1.21 bits per heavy atom. The van der Waals surface area contributed by atoms with Crippen molar-refractivity contribution < 1.29 is 19.4 Å². The Hall–Kier alpha value is -3.46. The number of methoxy groups -OCH3 is 2. The summed E-state index contributed by atoms with van der Waals surface area (Å²) in [4.78, 5) is 34.1. The largest absolute Gasteiger partial charge is 0.493 e. The van der Waals surface area contributed by atoms with Crippen LogP contribution in [-0.4, -0.2) is 52.4 Å². The maximum Gasteiger partial charge on any atom is 0.258 e. The number of nitrogens with zero attached hydrogens (tertiary/aromatic N) is 2. The molecular formula is C25H27N3O5S. The van der Waals surface area contributed by atoms with E-state index in [1.54, 1.807) is 14.2 Å². The first-order valence-electron chi connectivity index (χ1n) is 10.9. The van der Waals surface area contributed by atoms with E-state index in [0.29, 0.717) is 24.5 Å². The maximum absolute atomic E-state index is 13.0. The van der Waals surface area contributed by atoms with Crippen LogP contribution in [0.2, 0.25) is 0 Å². The van der Waals surface area contributed by atoms with E-state index in [-0.39, 0.29) is 40.7 Å². The van der Waals surface area contributed by atoms with Gasteiger partial charge in [0, 0.05) is 13.0 Å². The molecule has 0 saturated heterocycles. The Labute approximate surface area is 201 Å². The van der Waals surface area contributed by atoms with Gasteiger partial charge in [-0.25, -0.2) is 0 Å². The molecule has 0 aliphatic carbocycles. The van der Waals surface area contributed by atoms with Crippen LogP contribution in [-0.2, 0) is 17.6 Å². The first kappa shape index (κ1) is 23.7. The van der Waals surface area contributed by atoms with Gasteiger partial charge in [0.1, 0.15) is 0 Å². The highest BCUT2D eigenvalue weighted by molar-refractivity contribution is 7.99. The van der Waals surface area contributed by atoms with Gasteiger partial charge in [0.2, 0.25) is 11.8 Å². The molecule has 1 atom stereocenters. The van der Waals surface area contributed by atoms with E-state index in [9.17, 15) is 14.7 Å². The highest BCUT2D eigenvalue weighted by atomic mass is 32.2. The molecule has 3 aromatic rings. The van der Waals surface area contributed by atoms with Crippen LogP contribution in [0.25, 0.3) is 0 Å². The van der Waals surface area contributed by atoms with E-state index in [1.807, 2.05) is 54.3 Å². The van der Waals surface area contributed by atoms with Crippen LogP contribution in [0.1, 0.15) is 35.2 Å². The average molecular weight is 482 g/mol. The molecule has 0 radical (unpaired) electrons. The zero-order valence-corrected chi connectivity index (χ0v) is 20.1. The Kier molecular flexibility index (Phi) is 7.12. The van der Waals surface area contributed by atoms with Gasteiger partial charge in [-0.05, 0) is 42.2 Å². The molecule has 4 rings (SSSR count). The molecule has 1 amide bonds. The number of ether oxygens (including phenoxy) is 2. The molecule has 0 spiro atoms. The van der Waals surface area contributed by atoms with Crippen molar-refractivity contribution >= 4 is 17.7 Å². The lowest BCUT2D eigenvalue weighted by Gasteiger charge is -2.35. The van der Waals surface area contributed by atoms with Crippen molar-refractivity contribution in [3.8, 4) is 17.4 Å². The highest BCUT2D eigenvalue weighted by Crippen LogP contribution is 2.38. The molecule has 2 heterocycles. The van der Waals surface area contributed by atoms with Gasteiger partial charge >= 0.3 is 0 Å². The molecule has 0 saturated carbocycles. The second kappa shape index (κ2) is 10.2. The molecule has 1 aliphatic heterocycles. The zero-order valence-electron chi connectivity index (χ0n) is 19.3. The minimum Gasteiger partial charge on any atom is -0.493 e. The van der Waals surface area contributed by atoms with Gasteiger partial charge in [-0.15, -0.1) is 0 Å². The minimum absolute atomic E-state index is 0.0755. The molecule has 9 heteroatoms. The summed E-state index contributed by atoms with van der Waals surface area (Å²) in [5.41, 5.74) is 2.85. The molecule has 1 aromatic heterocycles. The van der Waals surface area contributed by atoms with Crippen LogP contribution < -0.4 is 15.0 Å². The third-order valence-electron chi connectivity index (χ3n) is 6.03. The third-order valence-corrected chi connectivity index (χ3v) is 6.89. The Balaban J connectivity index is 1.44. The van der Waals surface area contributed by atoms with Crippen LogP contribution in [0.3, 0.4) is 0 Å². The normalized spacial score (nSPS) is 15.0. The van der Waals surface area contributed by atoms with Crippen molar-refractivity contribution in [3.05, 3.63) is 75.1 Å². The molecule has 8 nitrogen and oxygen atoms in total. The van der Waals surface area contributed by atoms with Gasteiger partial charge in [-0.1, -0.05) is 42.1 Å². The number of aromatic nitrogens is 2. The Bertz CT molecular complexity index is 1250. The van der Waals surface area contributed by atoms with Crippen molar-refractivity contribution in [3.63, 3.8) is 0 Å². The molecular weight excluding hydrogens is 454 g/mol. The number of H-pyrrole nitrogens is 1. The Morgan fingerprint density at radius 2 is 1.91 bits per heavy atom. The predicted molar refractivity (Wildman–Crippen MR) is 130 cm³/mol. The Morgan fingerprint density at radius 3 is 2.59 bits per heavy atom. The number of benzene rings is 2. The molecule has 0 fully saturated rings. The highest BCUT2D eigenvalue weighted by Gasteiger charge is 2.29. The smallest absolute Gasteiger partial charge is 0.258 e. The summed E-state index contributed by atoms with van der Waals surface area (Å²) in [6, 6.07) is 13.1. The summed E-state index contributed by atoms with van der Waals surface area (Å²) in [6.45, 7) is 2.56. The number of aromatic amines is 1. The SMILES string of the molecule is COc1cc2c(cc1OC)C(C)N(C(=O)CSc1nc(O)c(Cc3ccccc3)c(=O)[nH]1)CC2. The van der Waals surface area contributed by atoms with E-state index in [0.717, 1.165) is 28.5 Å². The fourth-order valence-electron chi connectivity index (χ4n) is 4.19. The lowest BCUT2D eigenvalue weighted by molar-refractivity contribution is -0.130. The van der Waals surface area contributed by atoms with Gasteiger partial charge in [-0.3, -0.25) is 9.59 Å². The van der Waals surface area contributed by atoms with Gasteiger partial charge in [-0.2, -0.15) is 4.98 Å². The summed E-state index contributed by atoms with van der Waals surface area (Å²) in [5.74, 6) is 1.00. The van der Waals surface area contributed by atoms with E-state index < -0.39 is 5.56 Å². The monoisotopic (exact) mass is 481 g/mol. The molecule has 1 aliphatic rings. The van der Waals surface area contributed by atoms with E-state index >= 15 is 0 Å². The minimum atomic E-state index is -0.410. The molecule has 178 valence electrons. The number of aromatic hydroxyl groups is 1. The summed E-state index contributed by atoms with van der Waals surface area (Å²) < 4.78 is 10.8. The van der Waals surface area contributed by atoms with Crippen molar-refractivity contribution in [2.75, 3.05) is 26.5 Å². The molecule has 34 heavy (non-hydrogen) atoms. The van der Waals surface area contributed by atoms with Crippen molar-refractivity contribution in [1.29, 1.82) is 0 Å². The number of amides is 1. The average Bonchev–Trinajstić information content (AvgIpc) is 2.85. The van der Waals surface area contributed by atoms with Crippen molar-refractivity contribution in [2.24, 2.45) is 0 Å². The van der Waals surface area contributed by atoms with Crippen LogP contribution in [0.5, 0.6) is 17.4 Å². The number of carbonyl (C=O) groups is 1. The molecule has 2 N–H and O–H groups in total. The number of thioether (sulfide) groups is 1. The van der Waals surface area contributed by atoms with Crippen molar-refractivity contribution in [1.82, 2.24) is 14.9 Å². The topological polar surface area (TPSA) is 105 Å². The maximum atomic E-state index is 13.0. The molecule has 0 bridgehead atoms. The van der Waals surface area contributed by atoms with Crippen LogP contribution in [0.4, 0.5) is 0 Å². The lowest BCUT2D eigenvalue weighted by atomic mass is 9.93. The standard InChI is InChI=1S/C25H27N3O5S/c1-15-18-13-21(33-3)20(32-2)12-17(18)9-10-28(15)22(29)14-34-25-26-23(30)19(24(31)27-25)11-16-7-5-4-6-8-16/h4-8,12-13,15H,9-11,14H2,1-3H3,(H2,26,27,30,31). The number of nitrogens with one attached hydrogen (secondary N) is 1. The van der Waals surface area contributed by atoms with E-state index in [4.69, 9.17) is 9.47 Å². The van der Waals surface area contributed by atoms with Gasteiger partial charge in [0.05, 0.1) is 31.6 Å². The summed E-state index contributed by atoms with van der Waals surface area (Å²) >= 11 is 1.10. The van der Waals surface area contributed by atoms with Crippen LogP contribution in [0.15, 0.2) is 52.4 Å². The zero-order chi connectivity index (χ0) is 24.2. The fraction of sp³-hybridized carbons (Fsp3) is 0.320. The first-order chi connectivity index (χ1) is 16.4. The second-order valence-electron chi connectivity index (χ2n) is 8.04. The summed E-state index contributed by atoms with van der Waals surface area (Å²) in [7, 11) is 3.19. The van der Waals surface area contributed by atoms with Crippen molar-refractivity contribution in [2.45, 2.75) is 31.0 Å². The first-order valence-corrected chi connectivity index (χ1v) is 11.9.